The minimum atomic E-state index is 0.190. The molecule has 2 aromatic rings. The topological polar surface area (TPSA) is 63.9 Å². The van der Waals surface area contributed by atoms with Gasteiger partial charge in [0.2, 0.25) is 5.91 Å². The van der Waals surface area contributed by atoms with Crippen LogP contribution in [0.15, 0.2) is 29.7 Å². The highest BCUT2D eigenvalue weighted by Crippen LogP contribution is 2.23. The standard InChI is InChI=1S/C16H21N5OS/c1-12-4-3-9-21(10-12)14(22)11-23-16-19-18-15(20(16)2)13-5-7-17-8-6-13/h5-8,12H,3-4,9-11H2,1-2H3/t12-/m1/s1. The highest BCUT2D eigenvalue weighted by Gasteiger charge is 2.21. The van der Waals surface area contributed by atoms with Gasteiger partial charge in [0.05, 0.1) is 5.75 Å². The van der Waals surface area contributed by atoms with Gasteiger partial charge in [-0.3, -0.25) is 9.78 Å². The average Bonchev–Trinajstić information content (AvgIpc) is 2.94. The molecule has 2 aromatic heterocycles. The summed E-state index contributed by atoms with van der Waals surface area (Å²) in [5.41, 5.74) is 0.970. The Kier molecular flexibility index (Phi) is 4.95. The van der Waals surface area contributed by atoms with Crippen LogP contribution in [0, 0.1) is 5.92 Å². The molecule has 0 spiro atoms. The molecule has 23 heavy (non-hydrogen) atoms. The summed E-state index contributed by atoms with van der Waals surface area (Å²) >= 11 is 1.45. The zero-order valence-corrected chi connectivity index (χ0v) is 14.3. The fourth-order valence-electron chi connectivity index (χ4n) is 2.83. The van der Waals surface area contributed by atoms with Crippen molar-refractivity contribution in [3.05, 3.63) is 24.5 Å². The Bertz CT molecular complexity index is 672. The number of amides is 1. The molecule has 3 heterocycles. The van der Waals surface area contributed by atoms with Gasteiger partial charge in [-0.05, 0) is 30.9 Å². The molecule has 1 aliphatic heterocycles. The van der Waals surface area contributed by atoms with Gasteiger partial charge in [-0.15, -0.1) is 10.2 Å². The van der Waals surface area contributed by atoms with E-state index in [0.29, 0.717) is 11.7 Å². The molecule has 0 N–H and O–H groups in total. The van der Waals surface area contributed by atoms with Gasteiger partial charge in [0, 0.05) is 38.1 Å². The predicted molar refractivity (Wildman–Crippen MR) is 89.9 cm³/mol. The lowest BCUT2D eigenvalue weighted by Crippen LogP contribution is -2.40. The molecule has 122 valence electrons. The molecular weight excluding hydrogens is 310 g/mol. The third-order valence-corrected chi connectivity index (χ3v) is 5.11. The molecule has 1 fully saturated rings. The van der Waals surface area contributed by atoms with Crippen LogP contribution in [0.1, 0.15) is 19.8 Å². The highest BCUT2D eigenvalue weighted by atomic mass is 32.2. The number of piperidine rings is 1. The molecule has 6 nitrogen and oxygen atoms in total. The molecule has 0 saturated carbocycles. The summed E-state index contributed by atoms with van der Waals surface area (Å²) in [7, 11) is 1.92. The van der Waals surface area contributed by atoms with Gasteiger partial charge >= 0.3 is 0 Å². The van der Waals surface area contributed by atoms with Crippen molar-refractivity contribution in [3.8, 4) is 11.4 Å². The molecule has 0 aliphatic carbocycles. The number of aromatic nitrogens is 4. The molecule has 0 unspecified atom stereocenters. The Labute approximate surface area is 140 Å². The van der Waals surface area contributed by atoms with E-state index >= 15 is 0 Å². The minimum absolute atomic E-state index is 0.190. The number of carbonyl (C=O) groups is 1. The second-order valence-electron chi connectivity index (χ2n) is 5.98. The second-order valence-corrected chi connectivity index (χ2v) is 6.92. The molecule has 1 amide bonds. The van der Waals surface area contributed by atoms with Crippen LogP contribution in [-0.2, 0) is 11.8 Å². The monoisotopic (exact) mass is 331 g/mol. The first-order chi connectivity index (χ1) is 11.1. The van der Waals surface area contributed by atoms with Gasteiger partial charge in [0.15, 0.2) is 11.0 Å². The number of pyridine rings is 1. The van der Waals surface area contributed by atoms with Crippen LogP contribution in [-0.4, -0.2) is 49.4 Å². The van der Waals surface area contributed by atoms with E-state index in [2.05, 4.69) is 22.1 Å². The van der Waals surface area contributed by atoms with Crippen molar-refractivity contribution in [2.45, 2.75) is 24.9 Å². The third-order valence-electron chi connectivity index (χ3n) is 4.11. The van der Waals surface area contributed by atoms with Crippen LogP contribution >= 0.6 is 11.8 Å². The van der Waals surface area contributed by atoms with E-state index in [4.69, 9.17) is 0 Å². The van der Waals surface area contributed by atoms with Crippen molar-refractivity contribution in [1.29, 1.82) is 0 Å². The molecule has 1 saturated heterocycles. The lowest BCUT2D eigenvalue weighted by atomic mass is 10.0. The van der Waals surface area contributed by atoms with Crippen LogP contribution < -0.4 is 0 Å². The Morgan fingerprint density at radius 1 is 1.35 bits per heavy atom. The summed E-state index contributed by atoms with van der Waals surface area (Å²) in [6.45, 7) is 3.96. The van der Waals surface area contributed by atoms with Crippen molar-refractivity contribution in [2.75, 3.05) is 18.8 Å². The number of nitrogens with zero attached hydrogens (tertiary/aromatic N) is 5. The van der Waals surface area contributed by atoms with E-state index < -0.39 is 0 Å². The first-order valence-electron chi connectivity index (χ1n) is 7.85. The molecule has 1 atom stereocenters. The molecule has 3 rings (SSSR count). The first-order valence-corrected chi connectivity index (χ1v) is 8.84. The largest absolute Gasteiger partial charge is 0.342 e. The first kappa shape index (κ1) is 16.0. The predicted octanol–water partition coefficient (Wildman–Crippen LogP) is 2.23. The van der Waals surface area contributed by atoms with Gasteiger partial charge in [-0.1, -0.05) is 18.7 Å². The van der Waals surface area contributed by atoms with Gasteiger partial charge in [-0.2, -0.15) is 0 Å². The summed E-state index contributed by atoms with van der Waals surface area (Å²) in [6.07, 6.45) is 5.79. The fourth-order valence-corrected chi connectivity index (χ4v) is 3.64. The zero-order valence-electron chi connectivity index (χ0n) is 13.5. The van der Waals surface area contributed by atoms with Crippen LogP contribution in [0.4, 0.5) is 0 Å². The van der Waals surface area contributed by atoms with Crippen LogP contribution in [0.3, 0.4) is 0 Å². The Morgan fingerprint density at radius 2 is 2.13 bits per heavy atom. The number of rotatable bonds is 4. The van der Waals surface area contributed by atoms with E-state index in [9.17, 15) is 4.79 Å². The maximum absolute atomic E-state index is 12.3. The molecule has 0 aromatic carbocycles. The smallest absolute Gasteiger partial charge is 0.233 e. The number of hydrogen-bond acceptors (Lipinski definition) is 5. The highest BCUT2D eigenvalue weighted by molar-refractivity contribution is 7.99. The maximum atomic E-state index is 12.3. The van der Waals surface area contributed by atoms with Gasteiger partial charge < -0.3 is 9.47 Å². The van der Waals surface area contributed by atoms with Crippen molar-refractivity contribution in [2.24, 2.45) is 13.0 Å². The number of thioether (sulfide) groups is 1. The molecule has 0 bridgehead atoms. The average molecular weight is 331 g/mol. The van der Waals surface area contributed by atoms with Crippen molar-refractivity contribution in [1.82, 2.24) is 24.6 Å². The third kappa shape index (κ3) is 3.72. The Morgan fingerprint density at radius 3 is 2.87 bits per heavy atom. The summed E-state index contributed by atoms with van der Waals surface area (Å²) in [6, 6.07) is 3.80. The van der Waals surface area contributed by atoms with Crippen molar-refractivity contribution < 1.29 is 4.79 Å². The maximum Gasteiger partial charge on any atom is 0.233 e. The van der Waals surface area contributed by atoms with Crippen molar-refractivity contribution in [3.63, 3.8) is 0 Å². The number of likely N-dealkylation sites (tertiary alicyclic amines) is 1. The van der Waals surface area contributed by atoms with E-state index in [-0.39, 0.29) is 5.91 Å². The second kappa shape index (κ2) is 7.12. The van der Waals surface area contributed by atoms with E-state index in [0.717, 1.165) is 36.1 Å². The van der Waals surface area contributed by atoms with Gasteiger partial charge in [0.1, 0.15) is 0 Å². The van der Waals surface area contributed by atoms with Crippen molar-refractivity contribution >= 4 is 17.7 Å². The minimum Gasteiger partial charge on any atom is -0.342 e. The summed E-state index contributed by atoms with van der Waals surface area (Å²) < 4.78 is 1.92. The molecular formula is C16H21N5OS. The van der Waals surface area contributed by atoms with Crippen LogP contribution in [0.25, 0.3) is 11.4 Å². The summed E-state index contributed by atoms with van der Waals surface area (Å²) in [5, 5.41) is 9.20. The van der Waals surface area contributed by atoms with Crippen LogP contribution in [0.2, 0.25) is 0 Å². The molecule has 1 aliphatic rings. The van der Waals surface area contributed by atoms with E-state index in [1.165, 1.54) is 18.2 Å². The summed E-state index contributed by atoms with van der Waals surface area (Å²) in [4.78, 5) is 18.3. The number of carbonyl (C=O) groups excluding carboxylic acids is 1. The fraction of sp³-hybridized carbons (Fsp3) is 0.500. The Hall–Kier alpha value is -1.89. The lowest BCUT2D eigenvalue weighted by Gasteiger charge is -2.30. The molecule has 7 heteroatoms. The molecule has 0 radical (unpaired) electrons. The zero-order chi connectivity index (χ0) is 16.2. The van der Waals surface area contributed by atoms with E-state index in [1.807, 2.05) is 28.6 Å². The Balaban J connectivity index is 1.63. The lowest BCUT2D eigenvalue weighted by molar-refractivity contribution is -0.130. The summed E-state index contributed by atoms with van der Waals surface area (Å²) in [5.74, 6) is 1.99. The SMILES string of the molecule is C[C@@H]1CCCN(C(=O)CSc2nnc(-c3ccncc3)n2C)C1. The van der Waals surface area contributed by atoms with E-state index in [1.54, 1.807) is 12.4 Å². The number of hydrogen-bond donors (Lipinski definition) is 0. The van der Waals surface area contributed by atoms with Gasteiger partial charge in [0.25, 0.3) is 0 Å². The van der Waals surface area contributed by atoms with Crippen LogP contribution in [0.5, 0.6) is 0 Å². The quantitative estimate of drug-likeness (QED) is 0.804. The van der Waals surface area contributed by atoms with Gasteiger partial charge in [-0.25, -0.2) is 0 Å². The normalized spacial score (nSPS) is 18.2.